The van der Waals surface area contributed by atoms with Crippen LogP contribution < -0.4 is 10.5 Å². The van der Waals surface area contributed by atoms with Crippen molar-refractivity contribution < 1.29 is 4.74 Å². The summed E-state index contributed by atoms with van der Waals surface area (Å²) < 4.78 is 5.41. The smallest absolute Gasteiger partial charge is 0.128 e. The van der Waals surface area contributed by atoms with Crippen molar-refractivity contribution in [3.63, 3.8) is 0 Å². The van der Waals surface area contributed by atoms with E-state index in [0.29, 0.717) is 5.69 Å². The van der Waals surface area contributed by atoms with E-state index in [-0.39, 0.29) is 0 Å². The summed E-state index contributed by atoms with van der Waals surface area (Å²) in [7, 11) is 1.66. The highest BCUT2D eigenvalue weighted by atomic mass is 16.5. The lowest BCUT2D eigenvalue weighted by Gasteiger charge is -2.13. The first-order valence-corrected chi connectivity index (χ1v) is 6.50. The van der Waals surface area contributed by atoms with Crippen LogP contribution in [0.2, 0.25) is 0 Å². The largest absolute Gasteiger partial charge is 0.496 e. The third-order valence-electron chi connectivity index (χ3n) is 3.48. The van der Waals surface area contributed by atoms with E-state index >= 15 is 0 Å². The van der Waals surface area contributed by atoms with E-state index in [9.17, 15) is 0 Å². The molecule has 0 saturated heterocycles. The zero-order valence-corrected chi connectivity index (χ0v) is 11.6. The monoisotopic (exact) mass is 264 g/mol. The fourth-order valence-corrected chi connectivity index (χ4v) is 2.53. The van der Waals surface area contributed by atoms with Crippen LogP contribution in [0.1, 0.15) is 5.69 Å². The number of nitrogens with two attached hydrogens (primary N) is 1. The molecule has 20 heavy (non-hydrogen) atoms. The highest BCUT2D eigenvalue weighted by Gasteiger charge is 2.13. The van der Waals surface area contributed by atoms with E-state index in [0.717, 1.165) is 33.5 Å². The number of nitrogen functional groups attached to an aromatic ring is 1. The van der Waals surface area contributed by atoms with Gasteiger partial charge in [0, 0.05) is 22.0 Å². The molecule has 2 N–H and O–H groups in total. The molecule has 3 heteroatoms. The highest BCUT2D eigenvalue weighted by molar-refractivity contribution is 6.02. The second-order valence-electron chi connectivity index (χ2n) is 4.71. The van der Waals surface area contributed by atoms with E-state index in [1.54, 1.807) is 7.11 Å². The molecule has 0 aliphatic carbocycles. The lowest BCUT2D eigenvalue weighted by Crippen LogP contribution is -1.99. The van der Waals surface area contributed by atoms with Crippen molar-refractivity contribution in [1.82, 2.24) is 4.98 Å². The van der Waals surface area contributed by atoms with Gasteiger partial charge in [0.2, 0.25) is 0 Å². The number of aryl methyl sites for hydroxylation is 1. The second kappa shape index (κ2) is 4.85. The summed E-state index contributed by atoms with van der Waals surface area (Å²) in [6.07, 6.45) is 0. The van der Waals surface area contributed by atoms with Crippen molar-refractivity contribution >= 4 is 16.5 Å². The van der Waals surface area contributed by atoms with Gasteiger partial charge in [0.15, 0.2) is 0 Å². The zero-order valence-electron chi connectivity index (χ0n) is 11.6. The van der Waals surface area contributed by atoms with E-state index in [1.807, 2.05) is 55.5 Å². The summed E-state index contributed by atoms with van der Waals surface area (Å²) in [5, 5.41) is 1.96. The van der Waals surface area contributed by atoms with Gasteiger partial charge in [0.05, 0.1) is 18.5 Å². The third kappa shape index (κ3) is 1.88. The molecule has 3 rings (SSSR count). The van der Waals surface area contributed by atoms with E-state index in [4.69, 9.17) is 10.5 Å². The summed E-state index contributed by atoms with van der Waals surface area (Å²) >= 11 is 0. The maximum absolute atomic E-state index is 6.33. The Bertz CT molecular complexity index is 767. The molecule has 1 aromatic heterocycles. The quantitative estimate of drug-likeness (QED) is 0.765. The first kappa shape index (κ1) is 12.5. The Morgan fingerprint density at radius 2 is 1.75 bits per heavy atom. The molecule has 100 valence electrons. The molecule has 0 aliphatic heterocycles. The summed E-state index contributed by atoms with van der Waals surface area (Å²) in [4.78, 5) is 4.67. The van der Waals surface area contributed by atoms with Gasteiger partial charge in [-0.05, 0) is 13.0 Å². The van der Waals surface area contributed by atoms with Crippen LogP contribution in [0, 0.1) is 6.92 Å². The van der Waals surface area contributed by atoms with Crippen LogP contribution in [0.4, 0.5) is 5.69 Å². The average Bonchev–Trinajstić information content (AvgIpc) is 2.51. The van der Waals surface area contributed by atoms with Gasteiger partial charge in [-0.25, -0.2) is 0 Å². The molecule has 2 aromatic carbocycles. The first-order chi connectivity index (χ1) is 9.72. The Labute approximate surface area is 118 Å². The van der Waals surface area contributed by atoms with Gasteiger partial charge in [0.1, 0.15) is 5.75 Å². The number of rotatable bonds is 2. The highest BCUT2D eigenvalue weighted by Crippen LogP contribution is 2.36. The maximum Gasteiger partial charge on any atom is 0.128 e. The molecule has 0 fully saturated rings. The van der Waals surface area contributed by atoms with Crippen LogP contribution in [0.3, 0.4) is 0 Å². The number of hydrogen-bond acceptors (Lipinski definition) is 3. The predicted octanol–water partition coefficient (Wildman–Crippen LogP) is 3.80. The van der Waals surface area contributed by atoms with E-state index in [1.165, 1.54) is 0 Å². The number of hydrogen-bond donors (Lipinski definition) is 1. The fourth-order valence-electron chi connectivity index (χ4n) is 2.53. The topological polar surface area (TPSA) is 48.1 Å². The summed E-state index contributed by atoms with van der Waals surface area (Å²) in [5.41, 5.74) is 9.79. The third-order valence-corrected chi connectivity index (χ3v) is 3.48. The van der Waals surface area contributed by atoms with Crippen molar-refractivity contribution in [1.29, 1.82) is 0 Å². The number of fused-ring (bicyclic) bond motifs is 1. The zero-order chi connectivity index (χ0) is 14.1. The predicted molar refractivity (Wildman–Crippen MR) is 82.9 cm³/mol. The van der Waals surface area contributed by atoms with Crippen molar-refractivity contribution in [2.45, 2.75) is 6.92 Å². The molecule has 0 radical (unpaired) electrons. The Morgan fingerprint density at radius 3 is 2.45 bits per heavy atom. The molecular formula is C17H16N2O. The van der Waals surface area contributed by atoms with Crippen molar-refractivity contribution in [3.8, 4) is 17.0 Å². The minimum atomic E-state index is 0.690. The van der Waals surface area contributed by atoms with Crippen LogP contribution >= 0.6 is 0 Å². The summed E-state index contributed by atoms with van der Waals surface area (Å²) in [6, 6.07) is 15.9. The number of ether oxygens (including phenoxy) is 1. The normalized spacial score (nSPS) is 10.7. The molecule has 1 heterocycles. The molecule has 0 saturated carbocycles. The molecule has 0 spiro atoms. The fraction of sp³-hybridized carbons (Fsp3) is 0.118. The minimum Gasteiger partial charge on any atom is -0.496 e. The average molecular weight is 264 g/mol. The number of aromatic nitrogens is 1. The van der Waals surface area contributed by atoms with Gasteiger partial charge < -0.3 is 10.5 Å². The molecular weight excluding hydrogens is 248 g/mol. The second-order valence-corrected chi connectivity index (χ2v) is 4.71. The number of anilines is 1. The van der Waals surface area contributed by atoms with Gasteiger partial charge >= 0.3 is 0 Å². The van der Waals surface area contributed by atoms with Crippen LogP contribution in [-0.4, -0.2) is 12.1 Å². The molecule has 3 nitrogen and oxygen atoms in total. The summed E-state index contributed by atoms with van der Waals surface area (Å²) in [5.74, 6) is 0.804. The molecule has 3 aromatic rings. The number of nitrogens with zero attached hydrogens (tertiary/aromatic N) is 1. The Hall–Kier alpha value is -2.55. The Morgan fingerprint density at radius 1 is 1.00 bits per heavy atom. The van der Waals surface area contributed by atoms with Gasteiger partial charge in [0.25, 0.3) is 0 Å². The van der Waals surface area contributed by atoms with Crippen LogP contribution in [-0.2, 0) is 0 Å². The van der Waals surface area contributed by atoms with Crippen LogP contribution in [0.5, 0.6) is 5.75 Å². The number of pyridine rings is 1. The van der Waals surface area contributed by atoms with Gasteiger partial charge in [-0.15, -0.1) is 0 Å². The molecule has 0 amide bonds. The standard InChI is InChI=1S/C17H16N2O/c1-11-15-13(9-6-10-14(15)20-2)16(18)17(19-11)12-7-4-3-5-8-12/h3-10H,18H2,1-2H3. The van der Waals surface area contributed by atoms with E-state index in [2.05, 4.69) is 4.98 Å². The van der Waals surface area contributed by atoms with E-state index < -0.39 is 0 Å². The molecule has 0 bridgehead atoms. The first-order valence-electron chi connectivity index (χ1n) is 6.50. The SMILES string of the molecule is COc1cccc2c(N)c(-c3ccccc3)nc(C)c12. The van der Waals surface area contributed by atoms with Gasteiger partial charge in [-0.3, -0.25) is 4.98 Å². The summed E-state index contributed by atoms with van der Waals surface area (Å²) in [6.45, 7) is 1.98. The van der Waals surface area contributed by atoms with Gasteiger partial charge in [-0.2, -0.15) is 0 Å². The molecule has 0 aliphatic rings. The molecule has 0 unspecified atom stereocenters. The van der Waals surface area contributed by atoms with Gasteiger partial charge in [-0.1, -0.05) is 42.5 Å². The van der Waals surface area contributed by atoms with Crippen molar-refractivity contribution in [2.75, 3.05) is 12.8 Å². The molecule has 0 atom stereocenters. The van der Waals surface area contributed by atoms with Crippen LogP contribution in [0.15, 0.2) is 48.5 Å². The lowest BCUT2D eigenvalue weighted by atomic mass is 10.0. The number of benzene rings is 2. The van der Waals surface area contributed by atoms with Crippen molar-refractivity contribution in [2.24, 2.45) is 0 Å². The lowest BCUT2D eigenvalue weighted by molar-refractivity contribution is 0.419. The maximum atomic E-state index is 6.33. The Balaban J connectivity index is 2.36. The number of methoxy groups -OCH3 is 1. The minimum absolute atomic E-state index is 0.690. The Kier molecular flexibility index (Phi) is 3.03. The van der Waals surface area contributed by atoms with Crippen molar-refractivity contribution in [3.05, 3.63) is 54.2 Å². The van der Waals surface area contributed by atoms with Crippen LogP contribution in [0.25, 0.3) is 22.0 Å².